The second-order valence-corrected chi connectivity index (χ2v) is 6.29. The van der Waals surface area contributed by atoms with E-state index in [0.717, 1.165) is 5.69 Å². The van der Waals surface area contributed by atoms with Gasteiger partial charge in [-0.05, 0) is 43.5 Å². The molecule has 7 heteroatoms. The minimum atomic E-state index is -0.895. The van der Waals surface area contributed by atoms with Gasteiger partial charge in [0.25, 0.3) is 5.91 Å². The molecule has 1 aromatic carbocycles. The summed E-state index contributed by atoms with van der Waals surface area (Å²) < 4.78 is 14.8. The second kappa shape index (κ2) is 7.92. The Kier molecular flexibility index (Phi) is 5.90. The Bertz CT molecular complexity index is 753. The lowest BCUT2D eigenvalue weighted by molar-refractivity contribution is -0.137. The van der Waals surface area contributed by atoms with Gasteiger partial charge in [-0.25, -0.2) is 9.07 Å². The summed E-state index contributed by atoms with van der Waals surface area (Å²) in [6.45, 7) is 5.66. The predicted octanol–water partition coefficient (Wildman–Crippen LogP) is 3.12. The van der Waals surface area contributed by atoms with Crippen molar-refractivity contribution in [2.45, 2.75) is 45.6 Å². The van der Waals surface area contributed by atoms with Crippen LogP contribution in [0.4, 0.5) is 4.39 Å². The highest BCUT2D eigenvalue weighted by Gasteiger charge is 2.22. The fourth-order valence-corrected chi connectivity index (χ4v) is 2.59. The number of carboxylic acids is 1. The van der Waals surface area contributed by atoms with Crippen LogP contribution < -0.4 is 5.32 Å². The summed E-state index contributed by atoms with van der Waals surface area (Å²) >= 11 is 0. The first-order chi connectivity index (χ1) is 11.8. The van der Waals surface area contributed by atoms with E-state index in [1.807, 2.05) is 13.8 Å². The van der Waals surface area contributed by atoms with Crippen molar-refractivity contribution in [2.75, 3.05) is 0 Å². The van der Waals surface area contributed by atoms with Gasteiger partial charge < -0.3 is 10.4 Å². The lowest BCUT2D eigenvalue weighted by atomic mass is 10.0. The SMILES string of the molecule is CC(CCC(=O)O)NC(=O)c1cnn(-c2ccc(F)cc2)c1C(C)C. The van der Waals surface area contributed by atoms with Crippen LogP contribution in [0.5, 0.6) is 0 Å². The third-order valence-electron chi connectivity index (χ3n) is 3.84. The van der Waals surface area contributed by atoms with E-state index in [1.54, 1.807) is 23.7 Å². The van der Waals surface area contributed by atoms with E-state index in [1.165, 1.54) is 18.3 Å². The van der Waals surface area contributed by atoms with E-state index in [2.05, 4.69) is 10.4 Å². The number of aromatic nitrogens is 2. The van der Waals surface area contributed by atoms with Crippen molar-refractivity contribution in [2.24, 2.45) is 0 Å². The Labute approximate surface area is 145 Å². The maximum absolute atomic E-state index is 13.1. The van der Waals surface area contributed by atoms with Crippen LogP contribution in [0, 0.1) is 5.82 Å². The highest BCUT2D eigenvalue weighted by molar-refractivity contribution is 5.95. The Morgan fingerprint density at radius 3 is 2.44 bits per heavy atom. The molecule has 134 valence electrons. The summed E-state index contributed by atoms with van der Waals surface area (Å²) in [7, 11) is 0. The van der Waals surface area contributed by atoms with Crippen LogP contribution in [-0.2, 0) is 4.79 Å². The minimum absolute atomic E-state index is 0.00662. The summed E-state index contributed by atoms with van der Waals surface area (Å²) in [4.78, 5) is 23.2. The second-order valence-electron chi connectivity index (χ2n) is 6.29. The molecule has 0 saturated carbocycles. The third kappa shape index (κ3) is 4.65. The molecular weight excluding hydrogens is 325 g/mol. The van der Waals surface area contributed by atoms with Gasteiger partial charge in [-0.15, -0.1) is 0 Å². The molecule has 0 radical (unpaired) electrons. The molecule has 2 rings (SSSR count). The van der Waals surface area contributed by atoms with Gasteiger partial charge in [-0.3, -0.25) is 9.59 Å². The average Bonchev–Trinajstić information content (AvgIpc) is 2.99. The summed E-state index contributed by atoms with van der Waals surface area (Å²) in [5.41, 5.74) is 1.82. The minimum Gasteiger partial charge on any atom is -0.481 e. The van der Waals surface area contributed by atoms with Crippen LogP contribution >= 0.6 is 0 Å². The molecule has 1 unspecified atom stereocenters. The average molecular weight is 347 g/mol. The number of carbonyl (C=O) groups is 2. The number of nitrogens with one attached hydrogen (secondary N) is 1. The van der Waals surface area contributed by atoms with Crippen molar-refractivity contribution in [3.63, 3.8) is 0 Å². The molecule has 25 heavy (non-hydrogen) atoms. The van der Waals surface area contributed by atoms with Gasteiger partial charge in [0.2, 0.25) is 0 Å². The van der Waals surface area contributed by atoms with Gasteiger partial charge in [0.15, 0.2) is 0 Å². The first-order valence-corrected chi connectivity index (χ1v) is 8.16. The van der Waals surface area contributed by atoms with Gasteiger partial charge in [0.1, 0.15) is 5.82 Å². The first-order valence-electron chi connectivity index (χ1n) is 8.16. The number of amides is 1. The normalized spacial score (nSPS) is 12.2. The first kappa shape index (κ1) is 18.6. The fourth-order valence-electron chi connectivity index (χ4n) is 2.59. The number of hydrogen-bond acceptors (Lipinski definition) is 3. The van der Waals surface area contributed by atoms with Gasteiger partial charge in [0.05, 0.1) is 23.1 Å². The summed E-state index contributed by atoms with van der Waals surface area (Å²) in [6, 6.07) is 5.62. The molecule has 1 aromatic heterocycles. The van der Waals surface area contributed by atoms with Crippen molar-refractivity contribution in [3.05, 3.63) is 47.5 Å². The third-order valence-corrected chi connectivity index (χ3v) is 3.84. The molecule has 1 amide bonds. The number of rotatable bonds is 7. The van der Waals surface area contributed by atoms with Crippen molar-refractivity contribution in [1.29, 1.82) is 0 Å². The van der Waals surface area contributed by atoms with E-state index in [4.69, 9.17) is 5.11 Å². The van der Waals surface area contributed by atoms with Crippen LogP contribution in [0.15, 0.2) is 30.5 Å². The molecule has 0 aliphatic rings. The number of carboxylic acid groups (broad SMARTS) is 1. The maximum Gasteiger partial charge on any atom is 0.303 e. The van der Waals surface area contributed by atoms with Gasteiger partial charge in [-0.1, -0.05) is 13.8 Å². The maximum atomic E-state index is 13.1. The Morgan fingerprint density at radius 2 is 1.88 bits per heavy atom. The topological polar surface area (TPSA) is 84.2 Å². The molecular formula is C18H22FN3O3. The van der Waals surface area contributed by atoms with Crippen LogP contribution in [0.3, 0.4) is 0 Å². The lowest BCUT2D eigenvalue weighted by Gasteiger charge is -2.15. The van der Waals surface area contributed by atoms with Gasteiger partial charge >= 0.3 is 5.97 Å². The van der Waals surface area contributed by atoms with Crippen LogP contribution in [0.25, 0.3) is 5.69 Å². The Hall–Kier alpha value is -2.70. The number of halogens is 1. The molecule has 0 bridgehead atoms. The molecule has 0 spiro atoms. The van der Waals surface area contributed by atoms with Crippen molar-refractivity contribution in [3.8, 4) is 5.69 Å². The molecule has 2 aromatic rings. The zero-order valence-corrected chi connectivity index (χ0v) is 14.5. The molecule has 1 atom stereocenters. The standard InChI is InChI=1S/C18H22FN3O3/c1-11(2)17-15(18(25)21-12(3)4-9-16(23)24)10-20-22(17)14-7-5-13(19)6-8-14/h5-8,10-12H,4,9H2,1-3H3,(H,21,25)(H,23,24). The van der Waals surface area contributed by atoms with E-state index >= 15 is 0 Å². The van der Waals surface area contributed by atoms with E-state index < -0.39 is 5.97 Å². The van der Waals surface area contributed by atoms with Crippen molar-refractivity contribution < 1.29 is 19.1 Å². The Balaban J connectivity index is 2.25. The Morgan fingerprint density at radius 1 is 1.24 bits per heavy atom. The van der Waals surface area contributed by atoms with E-state index in [0.29, 0.717) is 17.7 Å². The zero-order valence-electron chi connectivity index (χ0n) is 14.5. The number of carbonyl (C=O) groups excluding carboxylic acids is 1. The molecule has 0 aliphatic carbocycles. The number of hydrogen-bond donors (Lipinski definition) is 2. The number of benzene rings is 1. The predicted molar refractivity (Wildman–Crippen MR) is 91.4 cm³/mol. The number of nitrogens with zero attached hydrogens (tertiary/aromatic N) is 2. The van der Waals surface area contributed by atoms with Crippen LogP contribution in [0.1, 0.15) is 55.6 Å². The van der Waals surface area contributed by atoms with Crippen LogP contribution in [0.2, 0.25) is 0 Å². The largest absolute Gasteiger partial charge is 0.481 e. The molecule has 1 heterocycles. The van der Waals surface area contributed by atoms with Crippen LogP contribution in [-0.4, -0.2) is 32.8 Å². The van der Waals surface area contributed by atoms with E-state index in [-0.39, 0.29) is 30.1 Å². The molecule has 6 nitrogen and oxygen atoms in total. The van der Waals surface area contributed by atoms with Gasteiger partial charge in [-0.2, -0.15) is 5.10 Å². The van der Waals surface area contributed by atoms with Gasteiger partial charge in [0, 0.05) is 12.5 Å². The molecule has 0 saturated heterocycles. The fraction of sp³-hybridized carbons (Fsp3) is 0.389. The van der Waals surface area contributed by atoms with E-state index in [9.17, 15) is 14.0 Å². The molecule has 0 fully saturated rings. The molecule has 2 N–H and O–H groups in total. The quantitative estimate of drug-likeness (QED) is 0.806. The lowest BCUT2D eigenvalue weighted by Crippen LogP contribution is -2.33. The summed E-state index contributed by atoms with van der Waals surface area (Å²) in [6.07, 6.45) is 1.83. The van der Waals surface area contributed by atoms with Crippen molar-refractivity contribution in [1.82, 2.24) is 15.1 Å². The molecule has 0 aliphatic heterocycles. The monoisotopic (exact) mass is 347 g/mol. The smallest absolute Gasteiger partial charge is 0.303 e. The highest BCUT2D eigenvalue weighted by atomic mass is 19.1. The summed E-state index contributed by atoms with van der Waals surface area (Å²) in [5, 5.41) is 15.8. The highest BCUT2D eigenvalue weighted by Crippen LogP contribution is 2.23. The number of aliphatic carboxylic acids is 1. The summed E-state index contributed by atoms with van der Waals surface area (Å²) in [5.74, 6) is -1.52. The van der Waals surface area contributed by atoms with Crippen molar-refractivity contribution >= 4 is 11.9 Å². The zero-order chi connectivity index (χ0) is 18.6.